The minimum atomic E-state index is -2.41. The minimum Gasteiger partial charge on any atom is -0.382 e. The van der Waals surface area contributed by atoms with Gasteiger partial charge in [-0.15, -0.1) is 0 Å². The normalized spacial score (nSPS) is 18.9. The highest BCUT2D eigenvalue weighted by atomic mass is 19.3. The zero-order chi connectivity index (χ0) is 10.4. The molecule has 1 unspecified atom stereocenters. The van der Waals surface area contributed by atoms with E-state index in [2.05, 4.69) is 5.32 Å². The number of hydrogen-bond acceptors (Lipinski definition) is 3. The highest BCUT2D eigenvalue weighted by Crippen LogP contribution is 2.18. The molecule has 1 aliphatic carbocycles. The first-order valence-electron chi connectivity index (χ1n) is 4.84. The van der Waals surface area contributed by atoms with Crippen molar-refractivity contribution in [3.05, 3.63) is 0 Å². The molecule has 0 spiro atoms. The van der Waals surface area contributed by atoms with Gasteiger partial charge in [-0.2, -0.15) is 0 Å². The van der Waals surface area contributed by atoms with Crippen molar-refractivity contribution in [2.24, 2.45) is 0 Å². The van der Waals surface area contributed by atoms with Crippen LogP contribution in [0.25, 0.3) is 0 Å². The average Bonchev–Trinajstić information content (AvgIpc) is 2.93. The van der Waals surface area contributed by atoms with Gasteiger partial charge in [0.1, 0.15) is 6.61 Å². The molecule has 0 bridgehead atoms. The molecule has 0 saturated heterocycles. The van der Waals surface area contributed by atoms with E-state index in [0.717, 1.165) is 0 Å². The van der Waals surface area contributed by atoms with Crippen molar-refractivity contribution in [1.29, 1.82) is 0 Å². The Kier molecular flexibility index (Phi) is 5.29. The van der Waals surface area contributed by atoms with Crippen LogP contribution in [0.5, 0.6) is 0 Å². The maximum atomic E-state index is 11.9. The molecular formula is C9H17F2NO2. The molecule has 1 N–H and O–H groups in total. The molecule has 5 heteroatoms. The number of methoxy groups -OCH3 is 1. The Hall–Kier alpha value is -0.260. The molecule has 1 atom stereocenters. The standard InChI is InChI=1S/C9H17F2NO2/c1-13-5-8(14-6-9(10)11)4-12-7-2-3-7/h7-9,12H,2-6H2,1H3. The second-order valence-electron chi connectivity index (χ2n) is 3.48. The van der Waals surface area contributed by atoms with Crippen LogP contribution in [0.4, 0.5) is 8.78 Å². The summed E-state index contributed by atoms with van der Waals surface area (Å²) in [5.41, 5.74) is 0. The molecule has 0 aromatic heterocycles. The lowest BCUT2D eigenvalue weighted by atomic mass is 10.3. The van der Waals surface area contributed by atoms with Crippen LogP contribution >= 0.6 is 0 Å². The van der Waals surface area contributed by atoms with Gasteiger partial charge in [-0.3, -0.25) is 0 Å². The first-order chi connectivity index (χ1) is 6.72. The van der Waals surface area contributed by atoms with Crippen molar-refractivity contribution in [3.8, 4) is 0 Å². The second kappa shape index (κ2) is 6.27. The smallest absolute Gasteiger partial charge is 0.261 e. The Labute approximate surface area is 82.8 Å². The van der Waals surface area contributed by atoms with Crippen LogP contribution in [0.3, 0.4) is 0 Å². The molecule has 3 nitrogen and oxygen atoms in total. The summed E-state index contributed by atoms with van der Waals surface area (Å²) in [6.07, 6.45) is -0.326. The van der Waals surface area contributed by atoms with Crippen LogP contribution < -0.4 is 5.32 Å². The largest absolute Gasteiger partial charge is 0.382 e. The summed E-state index contributed by atoms with van der Waals surface area (Å²) in [6.45, 7) is 0.429. The Morgan fingerprint density at radius 2 is 2.07 bits per heavy atom. The molecule has 14 heavy (non-hydrogen) atoms. The first-order valence-corrected chi connectivity index (χ1v) is 4.84. The molecule has 0 heterocycles. The number of ether oxygens (including phenoxy) is 2. The van der Waals surface area contributed by atoms with Crippen LogP contribution in [0, 0.1) is 0 Å². The van der Waals surface area contributed by atoms with Crippen molar-refractivity contribution in [3.63, 3.8) is 0 Å². The molecule has 84 valence electrons. The lowest BCUT2D eigenvalue weighted by molar-refractivity contribution is -0.0495. The Morgan fingerprint density at radius 1 is 1.36 bits per heavy atom. The van der Waals surface area contributed by atoms with Gasteiger partial charge in [0, 0.05) is 19.7 Å². The molecule has 1 saturated carbocycles. The van der Waals surface area contributed by atoms with Crippen molar-refractivity contribution < 1.29 is 18.3 Å². The van der Waals surface area contributed by atoms with Gasteiger partial charge in [-0.05, 0) is 12.8 Å². The predicted octanol–water partition coefficient (Wildman–Crippen LogP) is 1.04. The van der Waals surface area contributed by atoms with Crippen molar-refractivity contribution >= 4 is 0 Å². The molecule has 1 aliphatic rings. The van der Waals surface area contributed by atoms with Gasteiger partial charge in [0.2, 0.25) is 0 Å². The average molecular weight is 209 g/mol. The van der Waals surface area contributed by atoms with Crippen molar-refractivity contribution in [2.45, 2.75) is 31.4 Å². The molecule has 1 rings (SSSR count). The van der Waals surface area contributed by atoms with E-state index in [1.165, 1.54) is 20.0 Å². The number of nitrogens with one attached hydrogen (secondary N) is 1. The van der Waals surface area contributed by atoms with Gasteiger partial charge in [0.05, 0.1) is 12.7 Å². The van der Waals surface area contributed by atoms with Crippen LogP contribution in [0.15, 0.2) is 0 Å². The fourth-order valence-electron chi connectivity index (χ4n) is 1.15. The van der Waals surface area contributed by atoms with Gasteiger partial charge in [-0.25, -0.2) is 8.78 Å². The summed E-state index contributed by atoms with van der Waals surface area (Å²) >= 11 is 0. The van der Waals surface area contributed by atoms with Crippen LogP contribution in [-0.4, -0.2) is 45.4 Å². The third-order valence-corrected chi connectivity index (χ3v) is 2.02. The lowest BCUT2D eigenvalue weighted by Gasteiger charge is -2.17. The highest BCUT2D eigenvalue weighted by Gasteiger charge is 2.22. The molecule has 0 aliphatic heterocycles. The SMILES string of the molecule is COCC(CNC1CC1)OCC(F)F. The quantitative estimate of drug-likeness (QED) is 0.647. The predicted molar refractivity (Wildman–Crippen MR) is 48.6 cm³/mol. The Balaban J connectivity index is 2.08. The van der Waals surface area contributed by atoms with Crippen molar-refractivity contribution in [2.75, 3.05) is 26.9 Å². The molecule has 0 amide bonds. The zero-order valence-corrected chi connectivity index (χ0v) is 8.34. The fraction of sp³-hybridized carbons (Fsp3) is 1.00. The van der Waals surface area contributed by atoms with E-state index in [1.807, 2.05) is 0 Å². The maximum Gasteiger partial charge on any atom is 0.261 e. The fourth-order valence-corrected chi connectivity index (χ4v) is 1.15. The van der Waals surface area contributed by atoms with Crippen LogP contribution in [0.1, 0.15) is 12.8 Å². The Bertz CT molecular complexity index is 148. The summed E-state index contributed by atoms with van der Waals surface area (Å²) in [6, 6.07) is 0.560. The number of hydrogen-bond donors (Lipinski definition) is 1. The van der Waals surface area contributed by atoms with Crippen LogP contribution in [0.2, 0.25) is 0 Å². The maximum absolute atomic E-state index is 11.9. The summed E-state index contributed by atoms with van der Waals surface area (Å²) in [5, 5.41) is 3.22. The third-order valence-electron chi connectivity index (χ3n) is 2.02. The van der Waals surface area contributed by atoms with E-state index in [0.29, 0.717) is 19.2 Å². The number of alkyl halides is 2. The van der Waals surface area contributed by atoms with Gasteiger partial charge in [0.25, 0.3) is 6.43 Å². The second-order valence-corrected chi connectivity index (χ2v) is 3.48. The zero-order valence-electron chi connectivity index (χ0n) is 8.34. The molecule has 0 aromatic rings. The topological polar surface area (TPSA) is 30.5 Å². The van der Waals surface area contributed by atoms with Gasteiger partial charge in [-0.1, -0.05) is 0 Å². The van der Waals surface area contributed by atoms with Crippen molar-refractivity contribution in [1.82, 2.24) is 5.32 Å². The van der Waals surface area contributed by atoms with E-state index in [-0.39, 0.29) is 6.10 Å². The lowest BCUT2D eigenvalue weighted by Crippen LogP contribution is -2.34. The van der Waals surface area contributed by atoms with E-state index in [4.69, 9.17) is 9.47 Å². The third kappa shape index (κ3) is 5.47. The van der Waals surface area contributed by atoms with Gasteiger partial charge in [0.15, 0.2) is 0 Å². The molecule has 0 aromatic carbocycles. The molecule has 0 radical (unpaired) electrons. The summed E-state index contributed by atoms with van der Waals surface area (Å²) in [7, 11) is 1.54. The van der Waals surface area contributed by atoms with E-state index < -0.39 is 13.0 Å². The summed E-state index contributed by atoms with van der Waals surface area (Å²) in [5.74, 6) is 0. The van der Waals surface area contributed by atoms with E-state index in [1.54, 1.807) is 0 Å². The number of rotatable bonds is 8. The van der Waals surface area contributed by atoms with Gasteiger partial charge >= 0.3 is 0 Å². The van der Waals surface area contributed by atoms with E-state index in [9.17, 15) is 8.78 Å². The molecular weight excluding hydrogens is 192 g/mol. The summed E-state index contributed by atoms with van der Waals surface area (Å²) in [4.78, 5) is 0. The monoisotopic (exact) mass is 209 g/mol. The van der Waals surface area contributed by atoms with Gasteiger partial charge < -0.3 is 14.8 Å². The first kappa shape index (κ1) is 11.8. The summed E-state index contributed by atoms with van der Waals surface area (Å²) < 4.78 is 33.6. The van der Waals surface area contributed by atoms with Crippen LogP contribution in [-0.2, 0) is 9.47 Å². The van der Waals surface area contributed by atoms with E-state index >= 15 is 0 Å². The highest BCUT2D eigenvalue weighted by molar-refractivity contribution is 4.82. The molecule has 1 fully saturated rings. The minimum absolute atomic E-state index is 0.269. The Morgan fingerprint density at radius 3 is 2.57 bits per heavy atom. The number of halogens is 2.